The molecule has 4 atom stereocenters. The van der Waals surface area contributed by atoms with E-state index in [1.54, 1.807) is 12.1 Å². The predicted molar refractivity (Wildman–Crippen MR) is 112 cm³/mol. The number of aryl methyl sites for hydroxylation is 1. The average molecular weight is 397 g/mol. The number of ether oxygens (including phenoxy) is 1. The number of carbonyl (C=O) groups excluding carboxylic acids is 1. The smallest absolute Gasteiger partial charge is 0.335 e. The molecule has 0 radical (unpaired) electrons. The molecule has 29 heavy (non-hydrogen) atoms. The van der Waals surface area contributed by atoms with Gasteiger partial charge in [-0.2, -0.15) is 0 Å². The Morgan fingerprint density at radius 1 is 1.00 bits per heavy atom. The number of carboxylic acid groups (broad SMARTS) is 1. The molecular formula is C25H32O4. The maximum absolute atomic E-state index is 12.5. The lowest BCUT2D eigenvalue weighted by atomic mass is 9.76. The molecule has 3 aliphatic rings. The van der Waals surface area contributed by atoms with E-state index in [0.29, 0.717) is 35.8 Å². The Labute approximate surface area is 173 Å². The number of carbonyl (C=O) groups is 2. The number of fused-ring (bicyclic) bond motifs is 2. The SMILES string of the molecule is O=C(C=C[C@H]1[C@H](CCc2ccc(C(=O)O)cc2)[C@H]2CC[C@@H]1O2)CC1CCCCC1. The second-order valence-corrected chi connectivity index (χ2v) is 9.11. The summed E-state index contributed by atoms with van der Waals surface area (Å²) in [4.78, 5) is 23.5. The highest BCUT2D eigenvalue weighted by Gasteiger charge is 2.47. The summed E-state index contributed by atoms with van der Waals surface area (Å²) in [5.41, 5.74) is 1.49. The molecule has 2 bridgehead atoms. The first-order valence-electron chi connectivity index (χ1n) is 11.3. The summed E-state index contributed by atoms with van der Waals surface area (Å²) in [6, 6.07) is 7.18. The monoisotopic (exact) mass is 396 g/mol. The van der Waals surface area contributed by atoms with E-state index in [4.69, 9.17) is 9.84 Å². The first-order chi connectivity index (χ1) is 14.1. The van der Waals surface area contributed by atoms with Crippen LogP contribution in [0.3, 0.4) is 0 Å². The molecule has 0 spiro atoms. The fraction of sp³-hybridized carbons (Fsp3) is 0.600. The van der Waals surface area contributed by atoms with Crippen LogP contribution in [0.1, 0.15) is 73.7 Å². The normalized spacial score (nSPS) is 29.5. The molecule has 1 aromatic carbocycles. The molecule has 2 aliphatic heterocycles. The van der Waals surface area contributed by atoms with Gasteiger partial charge in [-0.3, -0.25) is 4.79 Å². The van der Waals surface area contributed by atoms with Crippen LogP contribution in [0, 0.1) is 17.8 Å². The van der Waals surface area contributed by atoms with Gasteiger partial charge in [0.15, 0.2) is 5.78 Å². The number of benzene rings is 1. The summed E-state index contributed by atoms with van der Waals surface area (Å²) in [5, 5.41) is 9.04. The summed E-state index contributed by atoms with van der Waals surface area (Å²) in [5.74, 6) is 0.763. The van der Waals surface area contributed by atoms with Gasteiger partial charge in [-0.1, -0.05) is 50.3 Å². The van der Waals surface area contributed by atoms with Crippen molar-refractivity contribution in [3.63, 3.8) is 0 Å². The lowest BCUT2D eigenvalue weighted by Crippen LogP contribution is -2.26. The van der Waals surface area contributed by atoms with Crippen LogP contribution in [0.4, 0.5) is 0 Å². The minimum Gasteiger partial charge on any atom is -0.478 e. The average Bonchev–Trinajstić information content (AvgIpc) is 3.33. The van der Waals surface area contributed by atoms with Crippen molar-refractivity contribution < 1.29 is 19.4 Å². The third kappa shape index (κ3) is 4.98. The molecule has 156 valence electrons. The van der Waals surface area contributed by atoms with E-state index >= 15 is 0 Å². The molecule has 0 amide bonds. The van der Waals surface area contributed by atoms with Crippen molar-refractivity contribution in [1.29, 1.82) is 0 Å². The molecule has 2 saturated heterocycles. The van der Waals surface area contributed by atoms with Crippen LogP contribution >= 0.6 is 0 Å². The van der Waals surface area contributed by atoms with Gasteiger partial charge in [-0.25, -0.2) is 4.79 Å². The standard InChI is InChI=1S/C25H32O4/c26-20(16-18-4-2-1-3-5-18)11-13-22-21(23-14-15-24(22)29-23)12-8-17-6-9-19(10-7-17)25(27)28/h6-7,9-11,13,18,21-24H,1-5,8,12,14-16H2,(H,27,28)/t21-,22-,23+,24-/m0/s1. The largest absolute Gasteiger partial charge is 0.478 e. The Balaban J connectivity index is 1.33. The topological polar surface area (TPSA) is 63.6 Å². The van der Waals surface area contributed by atoms with Crippen molar-refractivity contribution in [2.75, 3.05) is 0 Å². The molecule has 3 fully saturated rings. The second-order valence-electron chi connectivity index (χ2n) is 9.11. The Hall–Kier alpha value is -1.94. The molecular weight excluding hydrogens is 364 g/mol. The van der Waals surface area contributed by atoms with Crippen molar-refractivity contribution in [3.8, 4) is 0 Å². The van der Waals surface area contributed by atoms with Crippen LogP contribution in [0.15, 0.2) is 36.4 Å². The van der Waals surface area contributed by atoms with E-state index in [2.05, 4.69) is 6.08 Å². The number of allylic oxidation sites excluding steroid dienone is 1. The summed E-state index contributed by atoms with van der Waals surface area (Å²) >= 11 is 0. The van der Waals surface area contributed by atoms with Crippen molar-refractivity contribution in [2.45, 2.75) is 76.4 Å². The van der Waals surface area contributed by atoms with Gasteiger partial charge in [0.25, 0.3) is 0 Å². The molecule has 2 heterocycles. The molecule has 0 unspecified atom stereocenters. The van der Waals surface area contributed by atoms with Gasteiger partial charge >= 0.3 is 5.97 Å². The van der Waals surface area contributed by atoms with Gasteiger partial charge in [0, 0.05) is 12.3 Å². The summed E-state index contributed by atoms with van der Waals surface area (Å²) < 4.78 is 6.18. The van der Waals surface area contributed by atoms with Crippen molar-refractivity contribution in [2.24, 2.45) is 17.8 Å². The van der Waals surface area contributed by atoms with Crippen LogP contribution in [0.5, 0.6) is 0 Å². The zero-order chi connectivity index (χ0) is 20.2. The maximum Gasteiger partial charge on any atom is 0.335 e. The Bertz CT molecular complexity index is 745. The van der Waals surface area contributed by atoms with Crippen LogP contribution in [-0.2, 0) is 16.0 Å². The first kappa shape index (κ1) is 20.3. The number of rotatable bonds is 8. The molecule has 1 N–H and O–H groups in total. The van der Waals surface area contributed by atoms with Gasteiger partial charge in [-0.15, -0.1) is 0 Å². The lowest BCUT2D eigenvalue weighted by Gasteiger charge is -2.26. The Morgan fingerprint density at radius 2 is 1.72 bits per heavy atom. The van der Waals surface area contributed by atoms with Crippen molar-refractivity contribution in [1.82, 2.24) is 0 Å². The maximum atomic E-state index is 12.5. The van der Waals surface area contributed by atoms with E-state index in [0.717, 1.165) is 31.2 Å². The van der Waals surface area contributed by atoms with Gasteiger partial charge in [-0.05, 0) is 61.3 Å². The highest BCUT2D eigenvalue weighted by molar-refractivity contribution is 5.89. The van der Waals surface area contributed by atoms with Crippen molar-refractivity contribution in [3.05, 3.63) is 47.5 Å². The number of hydrogen-bond donors (Lipinski definition) is 1. The van der Waals surface area contributed by atoms with Crippen molar-refractivity contribution >= 4 is 11.8 Å². The highest BCUT2D eigenvalue weighted by Crippen LogP contribution is 2.46. The second kappa shape index (κ2) is 9.25. The summed E-state index contributed by atoms with van der Waals surface area (Å²) in [7, 11) is 0. The number of hydrogen-bond acceptors (Lipinski definition) is 3. The summed E-state index contributed by atoms with van der Waals surface area (Å²) in [6.45, 7) is 0. The van der Waals surface area contributed by atoms with E-state index in [9.17, 15) is 9.59 Å². The van der Waals surface area contributed by atoms with Crippen LogP contribution in [0.2, 0.25) is 0 Å². The van der Waals surface area contributed by atoms with E-state index in [1.807, 2.05) is 18.2 Å². The molecule has 4 heteroatoms. The minimum atomic E-state index is -0.888. The molecule has 1 aliphatic carbocycles. The fourth-order valence-electron chi connectivity index (χ4n) is 5.57. The van der Waals surface area contributed by atoms with Gasteiger partial charge < -0.3 is 9.84 Å². The van der Waals surface area contributed by atoms with Gasteiger partial charge in [0.2, 0.25) is 0 Å². The minimum absolute atomic E-state index is 0.262. The lowest BCUT2D eigenvalue weighted by molar-refractivity contribution is -0.115. The van der Waals surface area contributed by atoms with Crippen LogP contribution < -0.4 is 0 Å². The molecule has 4 rings (SSSR count). The van der Waals surface area contributed by atoms with Gasteiger partial charge in [0.05, 0.1) is 17.8 Å². The third-order valence-corrected chi connectivity index (χ3v) is 7.17. The fourth-order valence-corrected chi connectivity index (χ4v) is 5.57. The quantitative estimate of drug-likeness (QED) is 0.613. The third-order valence-electron chi connectivity index (χ3n) is 7.17. The number of carboxylic acids is 1. The Morgan fingerprint density at radius 3 is 2.45 bits per heavy atom. The van der Waals surface area contributed by atoms with E-state index < -0.39 is 5.97 Å². The number of aromatic carboxylic acids is 1. The van der Waals surface area contributed by atoms with Gasteiger partial charge in [0.1, 0.15) is 0 Å². The predicted octanol–water partition coefficient (Wildman–Crippen LogP) is 5.21. The van der Waals surface area contributed by atoms with Crippen LogP contribution in [-0.4, -0.2) is 29.1 Å². The Kier molecular flexibility index (Phi) is 6.49. The molecule has 1 saturated carbocycles. The molecule has 0 aromatic heterocycles. The van der Waals surface area contributed by atoms with E-state index in [-0.39, 0.29) is 11.9 Å². The highest BCUT2D eigenvalue weighted by atomic mass is 16.5. The van der Waals surface area contributed by atoms with E-state index in [1.165, 1.54) is 32.1 Å². The first-order valence-corrected chi connectivity index (χ1v) is 11.3. The van der Waals surface area contributed by atoms with Crippen LogP contribution in [0.25, 0.3) is 0 Å². The summed E-state index contributed by atoms with van der Waals surface area (Å²) in [6.07, 6.45) is 15.7. The zero-order valence-electron chi connectivity index (χ0n) is 17.1. The number of ketones is 1. The zero-order valence-corrected chi connectivity index (χ0v) is 17.1. The molecule has 4 nitrogen and oxygen atoms in total. The molecule has 1 aromatic rings.